The Kier molecular flexibility index (Phi) is 3.03. The first-order valence-electron chi connectivity index (χ1n) is 7.92. The largest absolute Gasteiger partial charge is 0.330 e. The zero-order valence-corrected chi connectivity index (χ0v) is 12.2. The van der Waals surface area contributed by atoms with Gasteiger partial charge in [-0.2, -0.15) is 0 Å². The van der Waals surface area contributed by atoms with Gasteiger partial charge in [0.1, 0.15) is 5.82 Å². The molecular weight excluding hydrogens is 246 g/mol. The van der Waals surface area contributed by atoms with Gasteiger partial charge < -0.3 is 9.88 Å². The maximum atomic E-state index is 4.72. The first-order chi connectivity index (χ1) is 9.81. The van der Waals surface area contributed by atoms with Crippen molar-refractivity contribution in [2.75, 3.05) is 6.54 Å². The molecule has 1 heterocycles. The lowest BCUT2D eigenvalue weighted by Gasteiger charge is -2.21. The first-order valence-corrected chi connectivity index (χ1v) is 7.92. The van der Waals surface area contributed by atoms with Gasteiger partial charge in [0, 0.05) is 7.05 Å². The standard InChI is InChI=1S/C17H23N3/c1-20-16-5-3-2-4-15(16)19-17(20)11-18-10-14-9-12-6-7-13(14)8-12/h2-5,12-14,18H,6-11H2,1H3. The number of fused-ring (bicyclic) bond motifs is 3. The molecule has 4 rings (SSSR count). The number of nitrogens with one attached hydrogen (secondary N) is 1. The van der Waals surface area contributed by atoms with Crippen LogP contribution >= 0.6 is 0 Å². The molecule has 20 heavy (non-hydrogen) atoms. The van der Waals surface area contributed by atoms with Crippen LogP contribution in [-0.4, -0.2) is 16.1 Å². The fraction of sp³-hybridized carbons (Fsp3) is 0.588. The van der Waals surface area contributed by atoms with Crippen molar-refractivity contribution >= 4 is 11.0 Å². The van der Waals surface area contributed by atoms with Gasteiger partial charge in [-0.15, -0.1) is 0 Å². The number of hydrogen-bond donors (Lipinski definition) is 1. The Morgan fingerprint density at radius 2 is 2.15 bits per heavy atom. The average Bonchev–Trinajstić information content (AvgIpc) is 3.15. The van der Waals surface area contributed by atoms with Gasteiger partial charge in [0.25, 0.3) is 0 Å². The van der Waals surface area contributed by atoms with E-state index in [9.17, 15) is 0 Å². The van der Waals surface area contributed by atoms with Crippen LogP contribution < -0.4 is 5.32 Å². The van der Waals surface area contributed by atoms with Crippen LogP contribution in [0.3, 0.4) is 0 Å². The highest BCUT2D eigenvalue weighted by Crippen LogP contribution is 2.47. The summed E-state index contributed by atoms with van der Waals surface area (Å²) in [5.74, 6) is 4.12. The molecule has 2 bridgehead atoms. The lowest BCUT2D eigenvalue weighted by atomic mass is 9.89. The quantitative estimate of drug-likeness (QED) is 0.924. The number of nitrogens with zero attached hydrogens (tertiary/aromatic N) is 2. The van der Waals surface area contributed by atoms with E-state index in [0.29, 0.717) is 0 Å². The van der Waals surface area contributed by atoms with Gasteiger partial charge in [-0.1, -0.05) is 18.6 Å². The smallest absolute Gasteiger partial charge is 0.123 e. The lowest BCUT2D eigenvalue weighted by Crippen LogP contribution is -2.27. The van der Waals surface area contributed by atoms with Crippen LogP contribution in [0.4, 0.5) is 0 Å². The molecule has 2 saturated carbocycles. The van der Waals surface area contributed by atoms with Crippen LogP contribution in [0.5, 0.6) is 0 Å². The molecule has 0 amide bonds. The Bertz CT molecular complexity index is 616. The molecule has 3 heteroatoms. The summed E-state index contributed by atoms with van der Waals surface area (Å²) in [6, 6.07) is 8.37. The number of imidazole rings is 1. The molecule has 0 aliphatic heterocycles. The van der Waals surface area contributed by atoms with Gasteiger partial charge >= 0.3 is 0 Å². The summed E-state index contributed by atoms with van der Waals surface area (Å²) in [6.45, 7) is 2.06. The van der Waals surface area contributed by atoms with E-state index in [2.05, 4.69) is 41.2 Å². The molecule has 3 nitrogen and oxygen atoms in total. The average molecular weight is 269 g/mol. The predicted octanol–water partition coefficient (Wildman–Crippen LogP) is 3.10. The normalized spacial score (nSPS) is 28.6. The minimum Gasteiger partial charge on any atom is -0.330 e. The second-order valence-electron chi connectivity index (χ2n) is 6.64. The Balaban J connectivity index is 1.40. The van der Waals surface area contributed by atoms with Crippen LogP contribution in [0, 0.1) is 17.8 Å². The van der Waals surface area contributed by atoms with Crippen molar-refractivity contribution in [2.45, 2.75) is 32.2 Å². The minimum atomic E-state index is 0.888. The zero-order chi connectivity index (χ0) is 13.5. The Morgan fingerprint density at radius 1 is 1.25 bits per heavy atom. The number of aromatic nitrogens is 2. The van der Waals surface area contributed by atoms with E-state index in [-0.39, 0.29) is 0 Å². The van der Waals surface area contributed by atoms with Crippen molar-refractivity contribution in [1.29, 1.82) is 0 Å². The van der Waals surface area contributed by atoms with Crippen LogP contribution in [0.1, 0.15) is 31.5 Å². The summed E-state index contributed by atoms with van der Waals surface area (Å²) < 4.78 is 2.21. The second-order valence-corrected chi connectivity index (χ2v) is 6.64. The van der Waals surface area contributed by atoms with E-state index < -0.39 is 0 Å². The Labute approximate surface area is 120 Å². The fourth-order valence-electron chi connectivity index (χ4n) is 4.35. The van der Waals surface area contributed by atoms with Crippen LogP contribution in [-0.2, 0) is 13.6 Å². The summed E-state index contributed by atoms with van der Waals surface area (Å²) in [4.78, 5) is 4.72. The summed E-state index contributed by atoms with van der Waals surface area (Å²) in [5.41, 5.74) is 2.33. The van der Waals surface area contributed by atoms with E-state index in [1.54, 1.807) is 0 Å². The third kappa shape index (κ3) is 2.05. The molecule has 1 aromatic carbocycles. The van der Waals surface area contributed by atoms with Gasteiger partial charge in [0.2, 0.25) is 0 Å². The van der Waals surface area contributed by atoms with Crippen LogP contribution in [0.2, 0.25) is 0 Å². The molecule has 0 radical (unpaired) electrons. The fourth-order valence-corrected chi connectivity index (χ4v) is 4.35. The highest BCUT2D eigenvalue weighted by atomic mass is 15.1. The van der Waals surface area contributed by atoms with Crippen molar-refractivity contribution in [2.24, 2.45) is 24.8 Å². The van der Waals surface area contributed by atoms with Gasteiger partial charge in [-0.05, 0) is 55.7 Å². The number of para-hydroxylation sites is 2. The van der Waals surface area contributed by atoms with Crippen molar-refractivity contribution < 1.29 is 0 Å². The minimum absolute atomic E-state index is 0.888. The summed E-state index contributed by atoms with van der Waals surface area (Å²) >= 11 is 0. The molecule has 3 atom stereocenters. The summed E-state index contributed by atoms with van der Waals surface area (Å²) in [5, 5.41) is 3.65. The maximum absolute atomic E-state index is 4.72. The Hall–Kier alpha value is -1.35. The Morgan fingerprint density at radius 3 is 2.90 bits per heavy atom. The number of aryl methyl sites for hydroxylation is 1. The third-order valence-electron chi connectivity index (χ3n) is 5.45. The maximum Gasteiger partial charge on any atom is 0.123 e. The highest BCUT2D eigenvalue weighted by Gasteiger charge is 2.38. The van der Waals surface area contributed by atoms with E-state index in [1.165, 1.54) is 37.7 Å². The molecule has 2 aromatic rings. The number of hydrogen-bond acceptors (Lipinski definition) is 2. The van der Waals surface area contributed by atoms with E-state index in [1.807, 2.05) is 0 Å². The van der Waals surface area contributed by atoms with Crippen LogP contribution in [0.15, 0.2) is 24.3 Å². The molecule has 2 fully saturated rings. The monoisotopic (exact) mass is 269 g/mol. The summed E-state index contributed by atoms with van der Waals surface area (Å²) in [6.07, 6.45) is 5.92. The first kappa shape index (κ1) is 12.4. The van der Waals surface area contributed by atoms with Crippen LogP contribution in [0.25, 0.3) is 11.0 Å². The van der Waals surface area contributed by atoms with Crippen molar-refractivity contribution in [3.63, 3.8) is 0 Å². The molecule has 1 N–H and O–H groups in total. The molecule has 0 spiro atoms. The van der Waals surface area contributed by atoms with E-state index in [4.69, 9.17) is 4.98 Å². The molecule has 1 aromatic heterocycles. The molecule has 3 unspecified atom stereocenters. The number of benzene rings is 1. The molecule has 2 aliphatic rings. The van der Waals surface area contributed by atoms with Gasteiger partial charge in [0.05, 0.1) is 17.6 Å². The topological polar surface area (TPSA) is 29.9 Å². The van der Waals surface area contributed by atoms with E-state index >= 15 is 0 Å². The predicted molar refractivity (Wildman–Crippen MR) is 81.4 cm³/mol. The summed E-state index contributed by atoms with van der Waals surface area (Å²) in [7, 11) is 2.11. The van der Waals surface area contributed by atoms with Crippen molar-refractivity contribution in [3.05, 3.63) is 30.1 Å². The third-order valence-corrected chi connectivity index (χ3v) is 5.45. The highest BCUT2D eigenvalue weighted by molar-refractivity contribution is 5.75. The molecule has 2 aliphatic carbocycles. The van der Waals surface area contributed by atoms with Crippen molar-refractivity contribution in [3.8, 4) is 0 Å². The molecular formula is C17H23N3. The number of rotatable bonds is 4. The SMILES string of the molecule is Cn1c(CNCC2CC3CCC2C3)nc2ccccc21. The zero-order valence-electron chi connectivity index (χ0n) is 12.2. The lowest BCUT2D eigenvalue weighted by molar-refractivity contribution is 0.317. The molecule has 106 valence electrons. The van der Waals surface area contributed by atoms with Gasteiger partial charge in [-0.3, -0.25) is 0 Å². The molecule has 0 saturated heterocycles. The van der Waals surface area contributed by atoms with Gasteiger partial charge in [-0.25, -0.2) is 4.98 Å². The van der Waals surface area contributed by atoms with E-state index in [0.717, 1.165) is 35.6 Å². The second kappa shape index (κ2) is 4.88. The van der Waals surface area contributed by atoms with Gasteiger partial charge in [0.15, 0.2) is 0 Å². The van der Waals surface area contributed by atoms with Crippen molar-refractivity contribution in [1.82, 2.24) is 14.9 Å².